The van der Waals surface area contributed by atoms with Crippen molar-refractivity contribution in [1.29, 1.82) is 0 Å². The summed E-state index contributed by atoms with van der Waals surface area (Å²) in [6.07, 6.45) is 1.62. The molecule has 0 aliphatic heterocycles. The second-order valence-corrected chi connectivity index (χ2v) is 6.51. The van der Waals surface area contributed by atoms with Crippen LogP contribution >= 0.6 is 0 Å². The Morgan fingerprint density at radius 2 is 1.89 bits per heavy atom. The number of sulfone groups is 1. The van der Waals surface area contributed by atoms with Gasteiger partial charge in [-0.15, -0.1) is 0 Å². The molecule has 1 atom stereocenters. The molecular formula is C12H17NO4S. The van der Waals surface area contributed by atoms with Crippen LogP contribution in [0.4, 0.5) is 0 Å². The summed E-state index contributed by atoms with van der Waals surface area (Å²) in [5.41, 5.74) is 6.90. The Labute approximate surface area is 107 Å². The van der Waals surface area contributed by atoms with E-state index in [1.807, 2.05) is 0 Å². The molecule has 100 valence electrons. The van der Waals surface area contributed by atoms with Gasteiger partial charge in [-0.1, -0.05) is 24.3 Å². The molecule has 0 amide bonds. The first-order valence-electron chi connectivity index (χ1n) is 5.53. The number of aliphatic carboxylic acids is 1. The highest BCUT2D eigenvalue weighted by Crippen LogP contribution is 2.16. The third kappa shape index (κ3) is 4.46. The van der Waals surface area contributed by atoms with Crippen molar-refractivity contribution in [2.45, 2.75) is 12.3 Å². The average molecular weight is 271 g/mol. The summed E-state index contributed by atoms with van der Waals surface area (Å²) >= 11 is 0. The predicted octanol–water partition coefficient (Wildman–Crippen LogP) is 0.401. The van der Waals surface area contributed by atoms with Crippen LogP contribution in [-0.2, 0) is 21.1 Å². The molecule has 0 aliphatic carbocycles. The zero-order chi connectivity index (χ0) is 13.8. The smallest absolute Gasteiger partial charge is 0.312 e. The molecule has 1 aromatic carbocycles. The quantitative estimate of drug-likeness (QED) is 0.780. The van der Waals surface area contributed by atoms with Crippen molar-refractivity contribution in [2.24, 2.45) is 5.73 Å². The van der Waals surface area contributed by atoms with Gasteiger partial charge in [0.05, 0.1) is 11.7 Å². The van der Waals surface area contributed by atoms with Gasteiger partial charge < -0.3 is 10.8 Å². The van der Waals surface area contributed by atoms with Gasteiger partial charge in [0.2, 0.25) is 0 Å². The lowest BCUT2D eigenvalue weighted by molar-refractivity contribution is -0.138. The van der Waals surface area contributed by atoms with Crippen molar-refractivity contribution in [3.63, 3.8) is 0 Å². The van der Waals surface area contributed by atoms with Gasteiger partial charge in [-0.2, -0.15) is 0 Å². The Hall–Kier alpha value is -1.40. The lowest BCUT2D eigenvalue weighted by Crippen LogP contribution is -2.21. The Kier molecular flexibility index (Phi) is 4.86. The van der Waals surface area contributed by atoms with Crippen LogP contribution in [0.1, 0.15) is 17.0 Å². The van der Waals surface area contributed by atoms with Crippen molar-refractivity contribution in [3.8, 4) is 0 Å². The van der Waals surface area contributed by atoms with Crippen LogP contribution in [0, 0.1) is 0 Å². The van der Waals surface area contributed by atoms with Gasteiger partial charge in [0, 0.05) is 12.8 Å². The van der Waals surface area contributed by atoms with Gasteiger partial charge in [0.25, 0.3) is 0 Å². The minimum Gasteiger partial charge on any atom is -0.481 e. The summed E-state index contributed by atoms with van der Waals surface area (Å²) in [4.78, 5) is 10.9. The standard InChI is InChI=1S/C12H17NO4S/c1-18(16,17)7-6-9-2-4-10(5-3-9)11(8-13)12(14)15/h2-5,11H,6-8,13H2,1H3,(H,14,15). The average Bonchev–Trinajstić information content (AvgIpc) is 2.27. The number of carboxylic acid groups (broad SMARTS) is 1. The van der Waals surface area contributed by atoms with Gasteiger partial charge >= 0.3 is 5.97 Å². The van der Waals surface area contributed by atoms with Crippen molar-refractivity contribution >= 4 is 15.8 Å². The first-order chi connectivity index (χ1) is 8.33. The van der Waals surface area contributed by atoms with Gasteiger partial charge in [-0.05, 0) is 17.5 Å². The second kappa shape index (κ2) is 5.97. The molecule has 0 fully saturated rings. The van der Waals surface area contributed by atoms with E-state index in [1.54, 1.807) is 24.3 Å². The minimum atomic E-state index is -2.98. The normalized spacial score (nSPS) is 13.2. The number of rotatable bonds is 6. The molecule has 3 N–H and O–H groups in total. The lowest BCUT2D eigenvalue weighted by atomic mass is 9.98. The van der Waals surface area contributed by atoms with Crippen LogP contribution in [-0.4, -0.2) is 38.0 Å². The number of carboxylic acids is 1. The molecule has 5 nitrogen and oxygen atoms in total. The molecule has 0 spiro atoms. The molecule has 0 aliphatic rings. The number of hydrogen-bond donors (Lipinski definition) is 2. The van der Waals surface area contributed by atoms with Crippen molar-refractivity contribution in [1.82, 2.24) is 0 Å². The summed E-state index contributed by atoms with van der Waals surface area (Å²) in [7, 11) is -2.98. The zero-order valence-corrected chi connectivity index (χ0v) is 11.0. The minimum absolute atomic E-state index is 0.0397. The monoisotopic (exact) mass is 271 g/mol. The van der Waals surface area contributed by atoms with Crippen LogP contribution < -0.4 is 5.73 Å². The summed E-state index contributed by atoms with van der Waals surface area (Å²) in [5, 5.41) is 8.95. The van der Waals surface area contributed by atoms with E-state index in [0.717, 1.165) is 5.56 Å². The number of carbonyl (C=O) groups is 1. The van der Waals surface area contributed by atoms with Crippen LogP contribution in [0.5, 0.6) is 0 Å². The van der Waals surface area contributed by atoms with Gasteiger partial charge in [-0.3, -0.25) is 4.79 Å². The van der Waals surface area contributed by atoms with Crippen molar-refractivity contribution in [3.05, 3.63) is 35.4 Å². The number of nitrogens with two attached hydrogens (primary N) is 1. The maximum atomic E-state index is 11.0. The van der Waals surface area contributed by atoms with E-state index in [9.17, 15) is 13.2 Å². The molecule has 0 bridgehead atoms. The van der Waals surface area contributed by atoms with Gasteiger partial charge in [0.15, 0.2) is 0 Å². The van der Waals surface area contributed by atoms with E-state index in [-0.39, 0.29) is 12.3 Å². The molecule has 0 saturated heterocycles. The number of hydrogen-bond acceptors (Lipinski definition) is 4. The first-order valence-corrected chi connectivity index (χ1v) is 7.59. The fourth-order valence-corrected chi connectivity index (χ4v) is 2.21. The van der Waals surface area contributed by atoms with E-state index in [4.69, 9.17) is 10.8 Å². The predicted molar refractivity (Wildman–Crippen MR) is 69.3 cm³/mol. The Bertz CT molecular complexity index is 507. The van der Waals surface area contributed by atoms with Crippen molar-refractivity contribution < 1.29 is 18.3 Å². The molecule has 6 heteroatoms. The zero-order valence-electron chi connectivity index (χ0n) is 10.2. The Morgan fingerprint density at radius 3 is 2.28 bits per heavy atom. The maximum absolute atomic E-state index is 11.0. The van der Waals surface area contributed by atoms with Crippen LogP contribution in [0.25, 0.3) is 0 Å². The SMILES string of the molecule is CS(=O)(=O)CCc1ccc(C(CN)C(=O)O)cc1. The molecule has 0 aromatic heterocycles. The molecular weight excluding hydrogens is 254 g/mol. The third-order valence-electron chi connectivity index (χ3n) is 2.68. The summed E-state index contributed by atoms with van der Waals surface area (Å²) < 4.78 is 22.0. The Balaban J connectivity index is 2.76. The van der Waals surface area contributed by atoms with E-state index < -0.39 is 21.7 Å². The first kappa shape index (κ1) is 14.7. The fourth-order valence-electron chi connectivity index (χ4n) is 1.60. The van der Waals surface area contributed by atoms with Crippen molar-refractivity contribution in [2.75, 3.05) is 18.6 Å². The summed E-state index contributed by atoms with van der Waals surface area (Å²) in [5.74, 6) is -1.58. The van der Waals surface area contributed by atoms with Gasteiger partial charge in [-0.25, -0.2) is 8.42 Å². The maximum Gasteiger partial charge on any atom is 0.312 e. The van der Waals surface area contributed by atoms with E-state index in [0.29, 0.717) is 12.0 Å². The third-order valence-corrected chi connectivity index (χ3v) is 3.62. The van der Waals surface area contributed by atoms with Crippen LogP contribution in [0.15, 0.2) is 24.3 Å². The van der Waals surface area contributed by atoms with Gasteiger partial charge in [0.1, 0.15) is 9.84 Å². The molecule has 0 heterocycles. The topological polar surface area (TPSA) is 97.5 Å². The highest BCUT2D eigenvalue weighted by Gasteiger charge is 2.17. The van der Waals surface area contributed by atoms with Crippen LogP contribution in [0.3, 0.4) is 0 Å². The largest absolute Gasteiger partial charge is 0.481 e. The van der Waals surface area contributed by atoms with E-state index >= 15 is 0 Å². The second-order valence-electron chi connectivity index (χ2n) is 4.25. The molecule has 0 radical (unpaired) electrons. The van der Waals surface area contributed by atoms with E-state index in [2.05, 4.69) is 0 Å². The fraction of sp³-hybridized carbons (Fsp3) is 0.417. The molecule has 18 heavy (non-hydrogen) atoms. The van der Waals surface area contributed by atoms with E-state index in [1.165, 1.54) is 6.26 Å². The molecule has 1 unspecified atom stereocenters. The molecule has 1 aromatic rings. The highest BCUT2D eigenvalue weighted by atomic mass is 32.2. The lowest BCUT2D eigenvalue weighted by Gasteiger charge is -2.10. The summed E-state index contributed by atoms with van der Waals surface area (Å²) in [6, 6.07) is 6.85. The highest BCUT2D eigenvalue weighted by molar-refractivity contribution is 7.90. The number of aryl methyl sites for hydroxylation is 1. The molecule has 0 saturated carbocycles. The molecule has 1 rings (SSSR count). The number of benzene rings is 1. The van der Waals surface area contributed by atoms with Crippen LogP contribution in [0.2, 0.25) is 0 Å². The summed E-state index contributed by atoms with van der Waals surface area (Å²) in [6.45, 7) is 0.0397. The Morgan fingerprint density at radius 1 is 1.33 bits per heavy atom.